The standard InChI is InChI=1S/C15H18N2/c1-11(2)13-8-9-14(17-10-13)15(16)12-6-4-3-5-7-12/h3-11,15H,16H2,1-2H3/t15-/m0/s1. The SMILES string of the molecule is CC(C)c1ccc([C@@H](N)c2ccccc2)nc1. The van der Waals surface area contributed by atoms with Gasteiger partial charge in [0.05, 0.1) is 11.7 Å². The van der Waals surface area contributed by atoms with Gasteiger partial charge >= 0.3 is 0 Å². The molecule has 88 valence electrons. The average Bonchev–Trinajstić information content (AvgIpc) is 2.39. The second-order valence-corrected chi connectivity index (χ2v) is 4.56. The molecule has 2 nitrogen and oxygen atoms in total. The van der Waals surface area contributed by atoms with Gasteiger partial charge in [0.1, 0.15) is 0 Å². The summed E-state index contributed by atoms with van der Waals surface area (Å²) in [7, 11) is 0. The van der Waals surface area contributed by atoms with Crippen LogP contribution in [-0.2, 0) is 0 Å². The highest BCUT2D eigenvalue weighted by Crippen LogP contribution is 2.19. The van der Waals surface area contributed by atoms with E-state index >= 15 is 0 Å². The summed E-state index contributed by atoms with van der Waals surface area (Å²) < 4.78 is 0. The zero-order chi connectivity index (χ0) is 12.3. The van der Waals surface area contributed by atoms with E-state index in [4.69, 9.17) is 5.73 Å². The number of nitrogens with two attached hydrogens (primary N) is 1. The lowest BCUT2D eigenvalue weighted by molar-refractivity contribution is 0.807. The highest BCUT2D eigenvalue weighted by atomic mass is 14.8. The fourth-order valence-corrected chi connectivity index (χ4v) is 1.77. The van der Waals surface area contributed by atoms with E-state index < -0.39 is 0 Å². The lowest BCUT2D eigenvalue weighted by Gasteiger charge is -2.12. The second kappa shape index (κ2) is 5.11. The lowest BCUT2D eigenvalue weighted by atomic mass is 10.0. The van der Waals surface area contributed by atoms with Crippen LogP contribution in [0.3, 0.4) is 0 Å². The predicted octanol–water partition coefficient (Wildman–Crippen LogP) is 3.25. The molecule has 0 aliphatic heterocycles. The molecule has 0 aliphatic carbocycles. The van der Waals surface area contributed by atoms with E-state index in [0.29, 0.717) is 5.92 Å². The largest absolute Gasteiger partial charge is 0.319 e. The molecule has 0 fully saturated rings. The Bertz CT molecular complexity index is 460. The van der Waals surface area contributed by atoms with E-state index in [1.54, 1.807) is 0 Å². The molecule has 0 amide bonds. The van der Waals surface area contributed by atoms with Crippen LogP contribution < -0.4 is 5.73 Å². The molecule has 1 aromatic heterocycles. The van der Waals surface area contributed by atoms with Crippen molar-refractivity contribution in [1.82, 2.24) is 4.98 Å². The Balaban J connectivity index is 2.23. The van der Waals surface area contributed by atoms with Crippen LogP contribution in [0.4, 0.5) is 0 Å². The van der Waals surface area contributed by atoms with E-state index in [1.807, 2.05) is 42.6 Å². The molecule has 0 bridgehead atoms. The van der Waals surface area contributed by atoms with Gasteiger partial charge in [-0.1, -0.05) is 50.2 Å². The maximum absolute atomic E-state index is 6.18. The minimum Gasteiger partial charge on any atom is -0.319 e. The third kappa shape index (κ3) is 2.71. The van der Waals surface area contributed by atoms with Crippen LogP contribution in [0.5, 0.6) is 0 Å². The number of rotatable bonds is 3. The fraction of sp³-hybridized carbons (Fsp3) is 0.267. The molecule has 0 saturated heterocycles. The molecule has 1 aromatic carbocycles. The van der Waals surface area contributed by atoms with Crippen molar-refractivity contribution in [3.63, 3.8) is 0 Å². The Labute approximate surface area is 103 Å². The van der Waals surface area contributed by atoms with Gasteiger partial charge in [-0.3, -0.25) is 4.98 Å². The Morgan fingerprint density at radius 2 is 1.65 bits per heavy atom. The normalized spacial score (nSPS) is 12.7. The van der Waals surface area contributed by atoms with Gasteiger partial charge in [0.2, 0.25) is 0 Å². The van der Waals surface area contributed by atoms with Crippen molar-refractivity contribution in [2.75, 3.05) is 0 Å². The van der Waals surface area contributed by atoms with Crippen LogP contribution in [0.15, 0.2) is 48.7 Å². The summed E-state index contributed by atoms with van der Waals surface area (Å²) >= 11 is 0. The molecule has 0 saturated carbocycles. The minimum absolute atomic E-state index is 0.141. The number of nitrogens with zero attached hydrogens (tertiary/aromatic N) is 1. The van der Waals surface area contributed by atoms with E-state index in [0.717, 1.165) is 11.3 Å². The van der Waals surface area contributed by atoms with Gasteiger partial charge in [-0.05, 0) is 23.1 Å². The number of aromatic nitrogens is 1. The summed E-state index contributed by atoms with van der Waals surface area (Å²) in [5.74, 6) is 0.504. The van der Waals surface area contributed by atoms with E-state index in [-0.39, 0.29) is 6.04 Å². The summed E-state index contributed by atoms with van der Waals surface area (Å²) in [4.78, 5) is 4.45. The molecule has 0 spiro atoms. The Kier molecular flexibility index (Phi) is 3.55. The molecule has 1 heterocycles. The average molecular weight is 226 g/mol. The summed E-state index contributed by atoms with van der Waals surface area (Å²) in [5, 5.41) is 0. The number of benzene rings is 1. The van der Waals surface area contributed by atoms with Crippen molar-refractivity contribution >= 4 is 0 Å². The quantitative estimate of drug-likeness (QED) is 0.872. The van der Waals surface area contributed by atoms with Crippen LogP contribution in [-0.4, -0.2) is 4.98 Å². The first-order chi connectivity index (χ1) is 8.18. The molecular weight excluding hydrogens is 208 g/mol. The Hall–Kier alpha value is -1.67. The molecule has 0 radical (unpaired) electrons. The first kappa shape index (κ1) is 11.8. The first-order valence-electron chi connectivity index (χ1n) is 5.95. The number of hydrogen-bond acceptors (Lipinski definition) is 2. The molecule has 0 aliphatic rings. The maximum Gasteiger partial charge on any atom is 0.0726 e. The molecule has 2 aromatic rings. The van der Waals surface area contributed by atoms with Gasteiger partial charge in [0, 0.05) is 6.20 Å². The van der Waals surface area contributed by atoms with E-state index in [2.05, 4.69) is 24.9 Å². The van der Waals surface area contributed by atoms with Crippen molar-refractivity contribution < 1.29 is 0 Å². The van der Waals surface area contributed by atoms with Crippen LogP contribution >= 0.6 is 0 Å². The molecule has 17 heavy (non-hydrogen) atoms. The zero-order valence-corrected chi connectivity index (χ0v) is 10.3. The van der Waals surface area contributed by atoms with Crippen LogP contribution in [0, 0.1) is 0 Å². The first-order valence-corrected chi connectivity index (χ1v) is 5.95. The predicted molar refractivity (Wildman–Crippen MR) is 70.8 cm³/mol. The van der Waals surface area contributed by atoms with Gasteiger partial charge in [0.25, 0.3) is 0 Å². The summed E-state index contributed by atoms with van der Waals surface area (Å²) in [6.45, 7) is 4.32. The third-order valence-electron chi connectivity index (χ3n) is 2.95. The highest BCUT2D eigenvalue weighted by Gasteiger charge is 2.10. The topological polar surface area (TPSA) is 38.9 Å². The minimum atomic E-state index is -0.141. The monoisotopic (exact) mass is 226 g/mol. The summed E-state index contributed by atoms with van der Waals surface area (Å²) in [5.41, 5.74) is 9.44. The molecular formula is C15H18N2. The molecule has 2 heteroatoms. The maximum atomic E-state index is 6.18. The Morgan fingerprint density at radius 3 is 2.18 bits per heavy atom. The van der Waals surface area contributed by atoms with E-state index in [1.165, 1.54) is 5.56 Å². The molecule has 2 rings (SSSR count). The van der Waals surface area contributed by atoms with Crippen molar-refractivity contribution in [1.29, 1.82) is 0 Å². The smallest absolute Gasteiger partial charge is 0.0726 e. The van der Waals surface area contributed by atoms with Crippen molar-refractivity contribution in [2.45, 2.75) is 25.8 Å². The van der Waals surface area contributed by atoms with Gasteiger partial charge < -0.3 is 5.73 Å². The van der Waals surface area contributed by atoms with Crippen molar-refractivity contribution in [2.24, 2.45) is 5.73 Å². The molecule has 0 unspecified atom stereocenters. The number of pyridine rings is 1. The van der Waals surface area contributed by atoms with Crippen LogP contribution in [0.1, 0.15) is 42.6 Å². The van der Waals surface area contributed by atoms with Gasteiger partial charge in [-0.2, -0.15) is 0 Å². The summed E-state index contributed by atoms with van der Waals surface area (Å²) in [6, 6.07) is 14.0. The fourth-order valence-electron chi connectivity index (χ4n) is 1.77. The Morgan fingerprint density at radius 1 is 0.941 bits per heavy atom. The molecule has 2 N–H and O–H groups in total. The van der Waals surface area contributed by atoms with Gasteiger partial charge in [0.15, 0.2) is 0 Å². The molecule has 1 atom stereocenters. The second-order valence-electron chi connectivity index (χ2n) is 4.56. The summed E-state index contributed by atoms with van der Waals surface area (Å²) in [6.07, 6.45) is 1.92. The van der Waals surface area contributed by atoms with Crippen LogP contribution in [0.2, 0.25) is 0 Å². The lowest BCUT2D eigenvalue weighted by Crippen LogP contribution is -2.13. The van der Waals surface area contributed by atoms with E-state index in [9.17, 15) is 0 Å². The zero-order valence-electron chi connectivity index (χ0n) is 10.3. The highest BCUT2D eigenvalue weighted by molar-refractivity contribution is 5.28. The van der Waals surface area contributed by atoms with Crippen molar-refractivity contribution in [3.05, 3.63) is 65.5 Å². The third-order valence-corrected chi connectivity index (χ3v) is 2.95. The van der Waals surface area contributed by atoms with Crippen LogP contribution in [0.25, 0.3) is 0 Å². The van der Waals surface area contributed by atoms with Gasteiger partial charge in [-0.25, -0.2) is 0 Å². The van der Waals surface area contributed by atoms with Crippen molar-refractivity contribution in [3.8, 4) is 0 Å². The number of hydrogen-bond donors (Lipinski definition) is 1. The van der Waals surface area contributed by atoms with Gasteiger partial charge in [-0.15, -0.1) is 0 Å².